The Morgan fingerprint density at radius 3 is 2.43 bits per heavy atom. The molecule has 0 bridgehead atoms. The van der Waals surface area contributed by atoms with Crippen molar-refractivity contribution in [1.29, 1.82) is 0 Å². The normalized spacial score (nSPS) is 10.3. The molecule has 1 rings (SSSR count). The second kappa shape index (κ2) is 7.58. The van der Waals surface area contributed by atoms with Crippen LogP contribution in [0.2, 0.25) is 0 Å². The summed E-state index contributed by atoms with van der Waals surface area (Å²) in [6, 6.07) is 4.25. The number of carbonyl (C=O) groups is 1. The van der Waals surface area contributed by atoms with Crippen LogP contribution in [0.1, 0.15) is 19.4 Å². The quantitative estimate of drug-likeness (QED) is 0.607. The van der Waals surface area contributed by atoms with Crippen LogP contribution in [0.4, 0.5) is 11.4 Å². The summed E-state index contributed by atoms with van der Waals surface area (Å²) in [6.45, 7) is 4.93. The minimum atomic E-state index is -0.510. The highest BCUT2D eigenvalue weighted by Gasteiger charge is 2.17. The molecule has 1 aromatic carbocycles. The maximum atomic E-state index is 12.1. The van der Waals surface area contributed by atoms with Gasteiger partial charge in [-0.3, -0.25) is 14.9 Å². The molecule has 0 heterocycles. The van der Waals surface area contributed by atoms with Gasteiger partial charge in [-0.2, -0.15) is 0 Å². The zero-order chi connectivity index (χ0) is 16.0. The topological polar surface area (TPSA) is 86.9 Å². The molecule has 0 saturated heterocycles. The SMILES string of the molecule is CCN(CC)C(=O)CN(C)c1ccc([N+](=O)[O-])cc1CO. The molecule has 0 aromatic heterocycles. The molecule has 1 amide bonds. The van der Waals surface area contributed by atoms with E-state index < -0.39 is 4.92 Å². The van der Waals surface area contributed by atoms with Gasteiger partial charge in [0, 0.05) is 43.5 Å². The number of likely N-dealkylation sites (N-methyl/N-ethyl adjacent to an activating group) is 2. The highest BCUT2D eigenvalue weighted by atomic mass is 16.6. The van der Waals surface area contributed by atoms with Crippen LogP contribution in [0.5, 0.6) is 0 Å². The fraction of sp³-hybridized carbons (Fsp3) is 0.500. The van der Waals surface area contributed by atoms with Gasteiger partial charge in [-0.05, 0) is 19.9 Å². The lowest BCUT2D eigenvalue weighted by molar-refractivity contribution is -0.384. The third-order valence-electron chi connectivity index (χ3n) is 3.34. The number of nitro benzene ring substituents is 1. The van der Waals surface area contributed by atoms with Gasteiger partial charge in [0.05, 0.1) is 18.1 Å². The van der Waals surface area contributed by atoms with Crippen molar-refractivity contribution in [3.8, 4) is 0 Å². The number of non-ortho nitro benzene ring substituents is 1. The van der Waals surface area contributed by atoms with Gasteiger partial charge in [-0.1, -0.05) is 0 Å². The molecule has 0 saturated carbocycles. The van der Waals surface area contributed by atoms with Crippen molar-refractivity contribution < 1.29 is 14.8 Å². The number of aliphatic hydroxyl groups excluding tert-OH is 1. The van der Waals surface area contributed by atoms with E-state index in [0.717, 1.165) is 0 Å². The lowest BCUT2D eigenvalue weighted by Gasteiger charge is -2.25. The Labute approximate surface area is 123 Å². The van der Waals surface area contributed by atoms with Gasteiger partial charge in [0.2, 0.25) is 5.91 Å². The van der Waals surface area contributed by atoms with Crippen LogP contribution >= 0.6 is 0 Å². The molecule has 0 radical (unpaired) electrons. The van der Waals surface area contributed by atoms with Crippen molar-refractivity contribution in [3.05, 3.63) is 33.9 Å². The van der Waals surface area contributed by atoms with Crippen molar-refractivity contribution in [2.45, 2.75) is 20.5 Å². The number of carbonyl (C=O) groups excluding carboxylic acids is 1. The van der Waals surface area contributed by atoms with E-state index >= 15 is 0 Å². The number of aliphatic hydroxyl groups is 1. The van der Waals surface area contributed by atoms with Gasteiger partial charge in [0.1, 0.15) is 0 Å². The van der Waals surface area contributed by atoms with Crippen LogP contribution in [0.15, 0.2) is 18.2 Å². The fourth-order valence-electron chi connectivity index (χ4n) is 2.15. The summed E-state index contributed by atoms with van der Waals surface area (Å²) in [7, 11) is 1.72. The Morgan fingerprint density at radius 2 is 1.95 bits per heavy atom. The maximum Gasteiger partial charge on any atom is 0.269 e. The van der Waals surface area contributed by atoms with Gasteiger partial charge in [0.25, 0.3) is 5.69 Å². The minimum absolute atomic E-state index is 0.0234. The van der Waals surface area contributed by atoms with Gasteiger partial charge in [0.15, 0.2) is 0 Å². The molecule has 0 aliphatic rings. The van der Waals surface area contributed by atoms with E-state index in [1.54, 1.807) is 22.9 Å². The first-order valence-electron chi connectivity index (χ1n) is 6.81. The van der Waals surface area contributed by atoms with Gasteiger partial charge in [-0.25, -0.2) is 0 Å². The molecule has 0 fully saturated rings. The number of amides is 1. The van der Waals surface area contributed by atoms with E-state index in [-0.39, 0.29) is 24.7 Å². The summed E-state index contributed by atoms with van der Waals surface area (Å²) in [5, 5.41) is 20.1. The first-order valence-corrected chi connectivity index (χ1v) is 6.81. The summed E-state index contributed by atoms with van der Waals surface area (Å²) in [6.07, 6.45) is 0. The molecule has 0 aliphatic carbocycles. The van der Waals surface area contributed by atoms with Crippen LogP contribution in [-0.2, 0) is 11.4 Å². The van der Waals surface area contributed by atoms with Crippen molar-refractivity contribution >= 4 is 17.3 Å². The van der Waals surface area contributed by atoms with Gasteiger partial charge >= 0.3 is 0 Å². The molecule has 7 heteroatoms. The van der Waals surface area contributed by atoms with E-state index in [0.29, 0.717) is 24.3 Å². The molecule has 21 heavy (non-hydrogen) atoms. The fourth-order valence-corrected chi connectivity index (χ4v) is 2.15. The Morgan fingerprint density at radius 1 is 1.33 bits per heavy atom. The summed E-state index contributed by atoms with van der Waals surface area (Å²) in [4.78, 5) is 25.7. The predicted octanol–water partition coefficient (Wildman–Crippen LogP) is 1.39. The van der Waals surface area contributed by atoms with Gasteiger partial charge in [-0.15, -0.1) is 0 Å². The van der Waals surface area contributed by atoms with E-state index in [1.807, 2.05) is 13.8 Å². The highest BCUT2D eigenvalue weighted by molar-refractivity contribution is 5.81. The molecular formula is C14H21N3O4. The van der Waals surface area contributed by atoms with E-state index in [9.17, 15) is 20.0 Å². The number of nitro groups is 1. The maximum absolute atomic E-state index is 12.1. The number of hydrogen-bond acceptors (Lipinski definition) is 5. The van der Waals surface area contributed by atoms with Crippen LogP contribution in [0.3, 0.4) is 0 Å². The molecule has 0 aliphatic heterocycles. The number of anilines is 1. The average molecular weight is 295 g/mol. The van der Waals surface area contributed by atoms with Crippen molar-refractivity contribution in [2.24, 2.45) is 0 Å². The van der Waals surface area contributed by atoms with Crippen LogP contribution in [0, 0.1) is 10.1 Å². The van der Waals surface area contributed by atoms with Crippen LogP contribution in [-0.4, -0.2) is 47.5 Å². The largest absolute Gasteiger partial charge is 0.392 e. The van der Waals surface area contributed by atoms with Crippen LogP contribution < -0.4 is 4.90 Å². The minimum Gasteiger partial charge on any atom is -0.392 e. The smallest absolute Gasteiger partial charge is 0.269 e. The first kappa shape index (κ1) is 16.9. The summed E-state index contributed by atoms with van der Waals surface area (Å²) >= 11 is 0. The average Bonchev–Trinajstić information content (AvgIpc) is 2.47. The van der Waals surface area contributed by atoms with Crippen molar-refractivity contribution in [3.63, 3.8) is 0 Å². The van der Waals surface area contributed by atoms with E-state index in [4.69, 9.17) is 0 Å². The predicted molar refractivity (Wildman–Crippen MR) is 80.2 cm³/mol. The van der Waals surface area contributed by atoms with Crippen LogP contribution in [0.25, 0.3) is 0 Å². The van der Waals surface area contributed by atoms with E-state index in [1.165, 1.54) is 12.1 Å². The van der Waals surface area contributed by atoms with Crippen molar-refractivity contribution in [2.75, 3.05) is 31.6 Å². The molecule has 1 N–H and O–H groups in total. The first-order chi connectivity index (χ1) is 9.94. The number of rotatable bonds is 7. The molecule has 0 atom stereocenters. The monoisotopic (exact) mass is 295 g/mol. The Bertz CT molecular complexity index is 515. The number of hydrogen-bond donors (Lipinski definition) is 1. The third kappa shape index (κ3) is 4.16. The zero-order valence-corrected chi connectivity index (χ0v) is 12.6. The van der Waals surface area contributed by atoms with Crippen molar-refractivity contribution in [1.82, 2.24) is 4.90 Å². The summed E-state index contributed by atoms with van der Waals surface area (Å²) in [5.41, 5.74) is 0.967. The summed E-state index contributed by atoms with van der Waals surface area (Å²) in [5.74, 6) is -0.0234. The number of benzene rings is 1. The molecule has 116 valence electrons. The Hall–Kier alpha value is -2.15. The Balaban J connectivity index is 2.94. The lowest BCUT2D eigenvalue weighted by Crippen LogP contribution is -2.39. The molecule has 0 unspecified atom stereocenters. The standard InChI is InChI=1S/C14H21N3O4/c1-4-16(5-2)14(19)9-15(3)13-7-6-12(17(20)21)8-11(13)10-18/h6-8,18H,4-5,9-10H2,1-3H3. The third-order valence-corrected chi connectivity index (χ3v) is 3.34. The molecular weight excluding hydrogens is 274 g/mol. The second-order valence-electron chi connectivity index (χ2n) is 4.65. The molecule has 0 spiro atoms. The summed E-state index contributed by atoms with van der Waals surface area (Å²) < 4.78 is 0. The highest BCUT2D eigenvalue weighted by Crippen LogP contribution is 2.24. The molecule has 1 aromatic rings. The lowest BCUT2D eigenvalue weighted by atomic mass is 10.1. The van der Waals surface area contributed by atoms with Gasteiger partial charge < -0.3 is 14.9 Å². The van der Waals surface area contributed by atoms with E-state index in [2.05, 4.69) is 0 Å². The molecule has 7 nitrogen and oxygen atoms in total. The zero-order valence-electron chi connectivity index (χ0n) is 12.6. The second-order valence-corrected chi connectivity index (χ2v) is 4.65. The Kier molecular flexibility index (Phi) is 6.10. The number of nitrogens with zero attached hydrogens (tertiary/aromatic N) is 3.